The molecule has 0 radical (unpaired) electrons. The summed E-state index contributed by atoms with van der Waals surface area (Å²) in [6, 6.07) is 2.18. The highest BCUT2D eigenvalue weighted by Crippen LogP contribution is 2.26. The fourth-order valence-corrected chi connectivity index (χ4v) is 2.63. The minimum Gasteiger partial charge on any atom is -0.389 e. The van der Waals surface area contributed by atoms with Crippen molar-refractivity contribution in [2.24, 2.45) is 5.92 Å². The van der Waals surface area contributed by atoms with E-state index in [1.165, 1.54) is 0 Å². The van der Waals surface area contributed by atoms with Crippen molar-refractivity contribution in [3.8, 4) is 6.07 Å². The molecule has 0 saturated carbocycles. The van der Waals surface area contributed by atoms with Crippen molar-refractivity contribution in [1.29, 1.82) is 5.26 Å². The Kier molecular flexibility index (Phi) is 5.17. The molecule has 2 unspecified atom stereocenters. The van der Waals surface area contributed by atoms with Crippen LogP contribution in [0, 0.1) is 17.2 Å². The van der Waals surface area contributed by atoms with Gasteiger partial charge in [-0.2, -0.15) is 5.26 Å². The molecule has 0 aromatic carbocycles. The zero-order chi connectivity index (χ0) is 15.6. The molecular weight excluding hydrogens is 254 g/mol. The first kappa shape index (κ1) is 16.9. The lowest BCUT2D eigenvalue weighted by molar-refractivity contribution is -0.125. The summed E-state index contributed by atoms with van der Waals surface area (Å²) >= 11 is 0. The van der Waals surface area contributed by atoms with Gasteiger partial charge in [0.1, 0.15) is 5.54 Å². The Morgan fingerprint density at radius 3 is 2.55 bits per heavy atom. The molecule has 5 nitrogen and oxygen atoms in total. The third kappa shape index (κ3) is 3.94. The molecule has 20 heavy (non-hydrogen) atoms. The smallest absolute Gasteiger partial charge is 0.235 e. The van der Waals surface area contributed by atoms with Crippen LogP contribution in [0.25, 0.3) is 0 Å². The number of amides is 1. The Hall–Kier alpha value is -1.12. The number of nitrogens with one attached hydrogen (secondary N) is 1. The largest absolute Gasteiger partial charge is 0.389 e. The maximum Gasteiger partial charge on any atom is 0.235 e. The highest BCUT2D eigenvalue weighted by Gasteiger charge is 2.37. The van der Waals surface area contributed by atoms with Gasteiger partial charge < -0.3 is 10.4 Å². The number of aliphatic hydroxyl groups is 1. The van der Waals surface area contributed by atoms with E-state index in [4.69, 9.17) is 0 Å². The van der Waals surface area contributed by atoms with Crippen molar-refractivity contribution in [3.05, 3.63) is 0 Å². The Bertz CT molecular complexity index is 395. The Morgan fingerprint density at radius 1 is 1.50 bits per heavy atom. The fourth-order valence-electron chi connectivity index (χ4n) is 2.63. The van der Waals surface area contributed by atoms with Crippen molar-refractivity contribution in [2.45, 2.75) is 64.6 Å². The normalized spacial score (nSPS) is 23.4. The first-order chi connectivity index (χ1) is 9.10. The monoisotopic (exact) mass is 281 g/mol. The first-order valence-corrected chi connectivity index (χ1v) is 7.29. The fraction of sp³-hybridized carbons (Fsp3) is 0.867. The average molecular weight is 281 g/mol. The number of likely N-dealkylation sites (tertiary alicyclic amines) is 1. The number of nitrogens with zero attached hydrogens (tertiary/aromatic N) is 2. The number of rotatable bonds is 5. The zero-order valence-corrected chi connectivity index (χ0v) is 13.2. The molecule has 1 amide bonds. The van der Waals surface area contributed by atoms with Crippen LogP contribution in [-0.2, 0) is 4.79 Å². The van der Waals surface area contributed by atoms with Gasteiger partial charge >= 0.3 is 0 Å². The van der Waals surface area contributed by atoms with Crippen molar-refractivity contribution >= 4 is 5.91 Å². The lowest BCUT2D eigenvalue weighted by Gasteiger charge is -2.34. The Balaban J connectivity index is 2.65. The predicted octanol–water partition coefficient (Wildman–Crippen LogP) is 1.28. The van der Waals surface area contributed by atoms with E-state index in [0.29, 0.717) is 0 Å². The third-order valence-corrected chi connectivity index (χ3v) is 4.31. The lowest BCUT2D eigenvalue weighted by atomic mass is 9.90. The molecule has 0 aromatic heterocycles. The van der Waals surface area contributed by atoms with Gasteiger partial charge in [0, 0.05) is 6.04 Å². The molecule has 2 atom stereocenters. The van der Waals surface area contributed by atoms with E-state index in [1.54, 1.807) is 20.8 Å². The molecule has 1 saturated heterocycles. The summed E-state index contributed by atoms with van der Waals surface area (Å²) in [5, 5.41) is 22.2. The van der Waals surface area contributed by atoms with Gasteiger partial charge in [-0.1, -0.05) is 13.8 Å². The van der Waals surface area contributed by atoms with Gasteiger partial charge in [0.05, 0.1) is 18.2 Å². The van der Waals surface area contributed by atoms with Crippen molar-refractivity contribution in [3.63, 3.8) is 0 Å². The molecular formula is C15H27N3O2. The van der Waals surface area contributed by atoms with Crippen molar-refractivity contribution in [1.82, 2.24) is 10.2 Å². The summed E-state index contributed by atoms with van der Waals surface area (Å²) in [5.41, 5.74) is -1.66. The van der Waals surface area contributed by atoms with Crippen LogP contribution in [0.3, 0.4) is 0 Å². The number of carbonyl (C=O) groups is 1. The molecule has 0 bridgehead atoms. The quantitative estimate of drug-likeness (QED) is 0.796. The molecule has 0 aliphatic carbocycles. The molecule has 5 heteroatoms. The zero-order valence-electron chi connectivity index (χ0n) is 13.2. The van der Waals surface area contributed by atoms with Gasteiger partial charge in [-0.05, 0) is 46.1 Å². The summed E-state index contributed by atoms with van der Waals surface area (Å²) in [5.74, 6) is -0.112. The first-order valence-electron chi connectivity index (χ1n) is 7.29. The van der Waals surface area contributed by atoms with Crippen LogP contribution in [-0.4, -0.2) is 46.2 Å². The molecule has 1 aliphatic rings. The lowest BCUT2D eigenvalue weighted by Crippen LogP contribution is -2.54. The summed E-state index contributed by atoms with van der Waals surface area (Å²) in [6.45, 7) is 10.2. The molecule has 0 spiro atoms. The second-order valence-corrected chi connectivity index (χ2v) is 6.80. The molecule has 2 N–H and O–H groups in total. The Morgan fingerprint density at radius 2 is 2.10 bits per heavy atom. The van der Waals surface area contributed by atoms with Gasteiger partial charge in [-0.3, -0.25) is 9.69 Å². The minimum atomic E-state index is -0.846. The van der Waals surface area contributed by atoms with E-state index in [9.17, 15) is 15.2 Å². The van der Waals surface area contributed by atoms with Gasteiger partial charge in [0.15, 0.2) is 0 Å². The SMILES string of the molecule is CC(C)C(C)(C#N)NC(=O)CN1CCCC1C(C)(C)O. The van der Waals surface area contributed by atoms with Gasteiger partial charge in [0.25, 0.3) is 0 Å². The summed E-state index contributed by atoms with van der Waals surface area (Å²) < 4.78 is 0. The maximum absolute atomic E-state index is 12.2. The summed E-state index contributed by atoms with van der Waals surface area (Å²) in [6.07, 6.45) is 1.89. The van der Waals surface area contributed by atoms with Gasteiger partial charge in [-0.15, -0.1) is 0 Å². The number of nitriles is 1. The topological polar surface area (TPSA) is 76.4 Å². The van der Waals surface area contributed by atoms with E-state index >= 15 is 0 Å². The van der Waals surface area contributed by atoms with E-state index in [2.05, 4.69) is 11.4 Å². The minimum absolute atomic E-state index is 0.000594. The summed E-state index contributed by atoms with van der Waals surface area (Å²) in [4.78, 5) is 14.2. The standard InChI is InChI=1S/C15H27N3O2/c1-11(2)15(5,10-16)17-13(19)9-18-8-6-7-12(18)14(3,4)20/h11-12,20H,6-9H2,1-5H3,(H,17,19). The summed E-state index contributed by atoms with van der Waals surface area (Å²) in [7, 11) is 0. The van der Waals surface area contributed by atoms with E-state index in [1.807, 2.05) is 18.7 Å². The van der Waals surface area contributed by atoms with E-state index in [0.717, 1.165) is 19.4 Å². The average Bonchev–Trinajstić information content (AvgIpc) is 2.76. The predicted molar refractivity (Wildman–Crippen MR) is 77.9 cm³/mol. The van der Waals surface area contributed by atoms with Crippen LogP contribution in [0.15, 0.2) is 0 Å². The molecule has 114 valence electrons. The van der Waals surface area contributed by atoms with Crippen LogP contribution >= 0.6 is 0 Å². The maximum atomic E-state index is 12.2. The van der Waals surface area contributed by atoms with Crippen LogP contribution in [0.4, 0.5) is 0 Å². The number of carbonyl (C=O) groups excluding carboxylic acids is 1. The molecule has 0 aromatic rings. The molecule has 1 heterocycles. The van der Waals surface area contributed by atoms with Crippen LogP contribution in [0.1, 0.15) is 47.5 Å². The highest BCUT2D eigenvalue weighted by molar-refractivity contribution is 5.79. The Labute approximate surface area is 122 Å². The van der Waals surface area contributed by atoms with E-state index < -0.39 is 11.1 Å². The van der Waals surface area contributed by atoms with Crippen LogP contribution in [0.2, 0.25) is 0 Å². The van der Waals surface area contributed by atoms with Crippen molar-refractivity contribution in [2.75, 3.05) is 13.1 Å². The molecule has 1 aliphatic heterocycles. The van der Waals surface area contributed by atoms with Gasteiger partial charge in [0.2, 0.25) is 5.91 Å². The van der Waals surface area contributed by atoms with E-state index in [-0.39, 0.29) is 24.4 Å². The second-order valence-electron chi connectivity index (χ2n) is 6.80. The van der Waals surface area contributed by atoms with Crippen LogP contribution in [0.5, 0.6) is 0 Å². The van der Waals surface area contributed by atoms with Crippen LogP contribution < -0.4 is 5.32 Å². The third-order valence-electron chi connectivity index (χ3n) is 4.31. The number of hydrogen-bond acceptors (Lipinski definition) is 4. The number of hydrogen-bond donors (Lipinski definition) is 2. The molecule has 1 rings (SSSR count). The van der Waals surface area contributed by atoms with Gasteiger partial charge in [-0.25, -0.2) is 0 Å². The molecule has 1 fully saturated rings. The van der Waals surface area contributed by atoms with Crippen molar-refractivity contribution < 1.29 is 9.90 Å². The highest BCUT2D eigenvalue weighted by atomic mass is 16.3. The second kappa shape index (κ2) is 6.11.